The average molecular weight is 531 g/mol. The minimum atomic E-state index is -0.284. The maximum absolute atomic E-state index is 13.5. The van der Waals surface area contributed by atoms with Gasteiger partial charge in [-0.1, -0.05) is 54.6 Å². The number of aromatic nitrogens is 2. The number of hydrazine groups is 1. The summed E-state index contributed by atoms with van der Waals surface area (Å²) in [5, 5.41) is 5.70. The van der Waals surface area contributed by atoms with E-state index >= 15 is 0 Å². The molecule has 0 bridgehead atoms. The minimum Gasteiger partial charge on any atom is -0.286 e. The van der Waals surface area contributed by atoms with Gasteiger partial charge in [0.15, 0.2) is 5.69 Å². The molecule has 1 amide bonds. The Labute approximate surface area is 218 Å². The summed E-state index contributed by atoms with van der Waals surface area (Å²) in [5.74, 6) is 0.823. The summed E-state index contributed by atoms with van der Waals surface area (Å²) < 4.78 is 15.2. The van der Waals surface area contributed by atoms with Gasteiger partial charge in [0.2, 0.25) is 0 Å². The molecule has 0 atom stereocenters. The second-order valence-corrected chi connectivity index (χ2v) is 10.7. The number of carbonyl (C=O) groups is 1. The molecule has 182 valence electrons. The normalized spacial score (nSPS) is 17.4. The first-order valence-corrected chi connectivity index (χ1v) is 13.6. The highest BCUT2D eigenvalue weighted by atomic mass is 35.5. The molecule has 0 unspecified atom stereocenters. The number of nitrogens with one attached hydrogen (secondary N) is 2. The lowest BCUT2D eigenvalue weighted by Gasteiger charge is -2.23. The minimum absolute atomic E-state index is 0.265. The van der Waals surface area contributed by atoms with Crippen LogP contribution in [0, 0.1) is 5.82 Å². The number of halogens is 3. The van der Waals surface area contributed by atoms with Crippen molar-refractivity contribution in [2.45, 2.75) is 43.9 Å². The highest BCUT2D eigenvalue weighted by Crippen LogP contribution is 2.38. The summed E-state index contributed by atoms with van der Waals surface area (Å²) in [5.41, 5.74) is 10.6. The van der Waals surface area contributed by atoms with Crippen LogP contribution in [0.5, 0.6) is 0 Å². The zero-order valence-electron chi connectivity index (χ0n) is 19.0. The third-order valence-electron chi connectivity index (χ3n) is 6.35. The molecule has 9 heteroatoms. The number of amides is 1. The lowest BCUT2D eigenvalue weighted by Crippen LogP contribution is -2.45. The Kier molecular flexibility index (Phi) is 7.48. The van der Waals surface area contributed by atoms with Crippen molar-refractivity contribution in [2.24, 2.45) is 0 Å². The molecule has 5 nitrogen and oxygen atoms in total. The van der Waals surface area contributed by atoms with Gasteiger partial charge in [0, 0.05) is 28.1 Å². The predicted molar refractivity (Wildman–Crippen MR) is 141 cm³/mol. The van der Waals surface area contributed by atoms with E-state index in [4.69, 9.17) is 28.3 Å². The van der Waals surface area contributed by atoms with Gasteiger partial charge in [-0.2, -0.15) is 16.9 Å². The first kappa shape index (κ1) is 24.4. The molecule has 0 saturated heterocycles. The maximum Gasteiger partial charge on any atom is 0.286 e. The molecule has 1 aromatic heterocycles. The van der Waals surface area contributed by atoms with Gasteiger partial charge < -0.3 is 0 Å². The highest BCUT2D eigenvalue weighted by molar-refractivity contribution is 7.99. The molecule has 0 radical (unpaired) electrons. The Bertz CT molecular complexity index is 1270. The third kappa shape index (κ3) is 5.43. The zero-order chi connectivity index (χ0) is 24.4. The molecule has 2 aromatic carbocycles. The summed E-state index contributed by atoms with van der Waals surface area (Å²) in [6.45, 7) is 0. The van der Waals surface area contributed by atoms with Crippen molar-refractivity contribution < 1.29 is 9.18 Å². The molecule has 2 N–H and O–H groups in total. The fraction of sp³-hybridized carbons (Fsp3) is 0.308. The molecular formula is C26H25Cl2FN4OS. The van der Waals surface area contributed by atoms with Gasteiger partial charge in [0.25, 0.3) is 5.91 Å². The van der Waals surface area contributed by atoms with Crippen LogP contribution in [0.15, 0.2) is 42.5 Å². The quantitative estimate of drug-likeness (QED) is 0.361. The number of hydrogen-bond acceptors (Lipinski definition) is 4. The van der Waals surface area contributed by atoms with Gasteiger partial charge in [-0.05, 0) is 60.4 Å². The van der Waals surface area contributed by atoms with Crippen molar-refractivity contribution >= 4 is 52.5 Å². The standard InChI is InChI=1S/C26H25Cl2FN4OS/c27-18-8-11-23(22(28)13-18)33-25-17(12-16-6-9-19(29)10-7-16)14-35-15-21(25)24(32-33)26(34)31-30-20-4-2-1-3-5-20/h6-13,20,30H,1-5,14-15H2,(H,31,34)/b17-12+. The highest BCUT2D eigenvalue weighted by Gasteiger charge is 2.30. The first-order valence-electron chi connectivity index (χ1n) is 11.7. The van der Waals surface area contributed by atoms with E-state index in [-0.39, 0.29) is 17.8 Å². The van der Waals surface area contributed by atoms with E-state index in [9.17, 15) is 9.18 Å². The van der Waals surface area contributed by atoms with Gasteiger partial charge >= 0.3 is 0 Å². The van der Waals surface area contributed by atoms with Crippen LogP contribution in [-0.4, -0.2) is 27.5 Å². The summed E-state index contributed by atoms with van der Waals surface area (Å²) in [7, 11) is 0. The van der Waals surface area contributed by atoms with Crippen LogP contribution in [0.2, 0.25) is 10.0 Å². The van der Waals surface area contributed by atoms with Crippen molar-refractivity contribution in [3.8, 4) is 5.69 Å². The number of thioether (sulfide) groups is 1. The number of rotatable bonds is 5. The molecule has 1 aliphatic heterocycles. The van der Waals surface area contributed by atoms with Crippen LogP contribution in [-0.2, 0) is 5.75 Å². The Hall–Kier alpha value is -2.32. The number of nitrogens with zero attached hydrogens (tertiary/aromatic N) is 2. The molecule has 0 spiro atoms. The van der Waals surface area contributed by atoms with E-state index in [0.717, 1.165) is 41.0 Å². The number of fused-ring (bicyclic) bond motifs is 1. The lowest BCUT2D eigenvalue weighted by atomic mass is 9.96. The Morgan fingerprint density at radius 1 is 1.09 bits per heavy atom. The van der Waals surface area contributed by atoms with Crippen LogP contribution in [0.1, 0.15) is 59.4 Å². The number of benzene rings is 2. The van der Waals surface area contributed by atoms with Gasteiger partial charge in [-0.25, -0.2) is 14.5 Å². The lowest BCUT2D eigenvalue weighted by molar-refractivity contribution is 0.0913. The summed E-state index contributed by atoms with van der Waals surface area (Å²) in [6, 6.07) is 11.8. The summed E-state index contributed by atoms with van der Waals surface area (Å²) in [4.78, 5) is 13.3. The van der Waals surface area contributed by atoms with Gasteiger partial charge in [-0.3, -0.25) is 10.2 Å². The molecule has 1 saturated carbocycles. The smallest absolute Gasteiger partial charge is 0.286 e. The predicted octanol–water partition coefficient (Wildman–Crippen LogP) is 6.67. The van der Waals surface area contributed by atoms with Gasteiger partial charge in [0.1, 0.15) is 5.82 Å². The van der Waals surface area contributed by atoms with Crippen molar-refractivity contribution in [1.82, 2.24) is 20.6 Å². The van der Waals surface area contributed by atoms with E-state index in [1.165, 1.54) is 31.4 Å². The van der Waals surface area contributed by atoms with E-state index in [1.807, 2.05) is 6.08 Å². The van der Waals surface area contributed by atoms with Gasteiger partial charge in [0.05, 0.1) is 16.4 Å². The molecule has 1 aliphatic carbocycles. The molecule has 3 aromatic rings. The molecule has 5 rings (SSSR count). The number of carbonyl (C=O) groups excluding carboxylic acids is 1. The second kappa shape index (κ2) is 10.7. The number of hydrogen-bond donors (Lipinski definition) is 2. The molecule has 2 aliphatic rings. The Morgan fingerprint density at radius 3 is 2.60 bits per heavy atom. The van der Waals surface area contributed by atoms with Crippen molar-refractivity contribution in [2.75, 3.05) is 5.75 Å². The SMILES string of the molecule is O=C(NNC1CCCCC1)c1nn(-c2ccc(Cl)cc2Cl)c2c1CSC/C2=C\c1ccc(F)cc1. The molecule has 2 heterocycles. The fourth-order valence-electron chi connectivity index (χ4n) is 4.60. The molecule has 35 heavy (non-hydrogen) atoms. The molecule has 1 fully saturated rings. The van der Waals surface area contributed by atoms with Crippen LogP contribution < -0.4 is 10.9 Å². The topological polar surface area (TPSA) is 59.0 Å². The molecular weight excluding hydrogens is 506 g/mol. The van der Waals surface area contributed by atoms with Crippen molar-refractivity contribution in [1.29, 1.82) is 0 Å². The van der Waals surface area contributed by atoms with Crippen molar-refractivity contribution in [3.05, 3.63) is 80.8 Å². The van der Waals surface area contributed by atoms with E-state index in [0.29, 0.717) is 27.2 Å². The van der Waals surface area contributed by atoms with E-state index < -0.39 is 0 Å². The van der Waals surface area contributed by atoms with Crippen LogP contribution in [0.4, 0.5) is 4.39 Å². The van der Waals surface area contributed by atoms with E-state index in [2.05, 4.69) is 10.9 Å². The van der Waals surface area contributed by atoms with E-state index in [1.54, 1.807) is 46.8 Å². The van der Waals surface area contributed by atoms with Crippen molar-refractivity contribution in [3.63, 3.8) is 0 Å². The fourth-order valence-corrected chi connectivity index (χ4v) is 6.11. The second-order valence-electron chi connectivity index (χ2n) is 8.83. The zero-order valence-corrected chi connectivity index (χ0v) is 21.3. The van der Waals surface area contributed by atoms with Crippen LogP contribution in [0.3, 0.4) is 0 Å². The maximum atomic E-state index is 13.5. The summed E-state index contributed by atoms with van der Waals surface area (Å²) in [6.07, 6.45) is 7.68. The van der Waals surface area contributed by atoms with Gasteiger partial charge in [-0.15, -0.1) is 0 Å². The Morgan fingerprint density at radius 2 is 1.86 bits per heavy atom. The third-order valence-corrected chi connectivity index (χ3v) is 7.90. The summed E-state index contributed by atoms with van der Waals surface area (Å²) >= 11 is 14.4. The van der Waals surface area contributed by atoms with Crippen LogP contribution in [0.25, 0.3) is 17.3 Å². The largest absolute Gasteiger partial charge is 0.286 e. The first-order chi connectivity index (χ1) is 17.0. The Balaban J connectivity index is 1.56. The van der Waals surface area contributed by atoms with Crippen LogP contribution >= 0.6 is 35.0 Å². The average Bonchev–Trinajstić information content (AvgIpc) is 3.25. The monoisotopic (exact) mass is 530 g/mol.